The number of nitrogens with zero attached hydrogens (tertiary/aromatic N) is 3. The zero-order valence-corrected chi connectivity index (χ0v) is 7.88. The summed E-state index contributed by atoms with van der Waals surface area (Å²) in [5.74, 6) is 0. The SMILES string of the molecule is Cn1cc(-c2ccsc2C#N)cn1. The first-order chi connectivity index (χ1) is 6.31. The van der Waals surface area contributed by atoms with E-state index in [0.29, 0.717) is 0 Å². The van der Waals surface area contributed by atoms with E-state index in [0.717, 1.165) is 16.0 Å². The van der Waals surface area contributed by atoms with Crippen LogP contribution in [0.15, 0.2) is 23.8 Å². The third kappa shape index (κ3) is 1.34. The van der Waals surface area contributed by atoms with Gasteiger partial charge in [-0.05, 0) is 11.4 Å². The van der Waals surface area contributed by atoms with Crippen molar-refractivity contribution in [3.63, 3.8) is 0 Å². The number of rotatable bonds is 1. The van der Waals surface area contributed by atoms with E-state index in [1.807, 2.05) is 24.7 Å². The van der Waals surface area contributed by atoms with Gasteiger partial charge in [-0.2, -0.15) is 10.4 Å². The summed E-state index contributed by atoms with van der Waals surface area (Å²) in [6.07, 6.45) is 3.67. The van der Waals surface area contributed by atoms with Gasteiger partial charge in [0, 0.05) is 24.4 Å². The molecule has 64 valence electrons. The van der Waals surface area contributed by atoms with Crippen LogP contribution in [0.1, 0.15) is 4.88 Å². The summed E-state index contributed by atoms with van der Waals surface area (Å²) in [6, 6.07) is 4.11. The number of aryl methyl sites for hydroxylation is 1. The van der Waals surface area contributed by atoms with Crippen LogP contribution in [0, 0.1) is 11.3 Å². The van der Waals surface area contributed by atoms with Gasteiger partial charge in [0.1, 0.15) is 10.9 Å². The standard InChI is InChI=1S/C9H7N3S/c1-12-6-7(5-11-12)8-2-3-13-9(8)4-10/h2-3,5-6H,1H3. The molecule has 0 spiro atoms. The molecule has 13 heavy (non-hydrogen) atoms. The molecule has 0 aromatic carbocycles. The maximum absolute atomic E-state index is 8.81. The zero-order valence-electron chi connectivity index (χ0n) is 7.06. The van der Waals surface area contributed by atoms with Crippen molar-refractivity contribution < 1.29 is 0 Å². The predicted octanol–water partition coefficient (Wildman–Crippen LogP) is 2.02. The minimum Gasteiger partial charge on any atom is -0.275 e. The number of aromatic nitrogens is 2. The quantitative estimate of drug-likeness (QED) is 0.688. The van der Waals surface area contributed by atoms with Crippen LogP contribution in [0.5, 0.6) is 0 Å². The number of thiophene rings is 1. The van der Waals surface area contributed by atoms with Crippen molar-refractivity contribution in [2.24, 2.45) is 7.05 Å². The van der Waals surface area contributed by atoms with Gasteiger partial charge in [-0.1, -0.05) is 0 Å². The molecule has 0 aliphatic carbocycles. The third-order valence-electron chi connectivity index (χ3n) is 1.78. The Labute approximate surface area is 79.9 Å². The average molecular weight is 189 g/mol. The molecular formula is C9H7N3S. The summed E-state index contributed by atoms with van der Waals surface area (Å²) in [4.78, 5) is 0.744. The van der Waals surface area contributed by atoms with Crippen molar-refractivity contribution in [2.45, 2.75) is 0 Å². The van der Waals surface area contributed by atoms with Gasteiger partial charge in [-0.3, -0.25) is 4.68 Å². The second-order valence-corrected chi connectivity index (χ2v) is 3.59. The molecule has 4 heteroatoms. The Bertz CT molecular complexity index is 461. The molecule has 0 bridgehead atoms. The predicted molar refractivity (Wildman–Crippen MR) is 51.2 cm³/mol. The van der Waals surface area contributed by atoms with E-state index in [2.05, 4.69) is 11.2 Å². The van der Waals surface area contributed by atoms with Crippen LogP contribution in [0.4, 0.5) is 0 Å². The Morgan fingerprint density at radius 1 is 1.62 bits per heavy atom. The first-order valence-electron chi connectivity index (χ1n) is 3.78. The molecule has 2 aromatic heterocycles. The smallest absolute Gasteiger partial charge is 0.112 e. The van der Waals surface area contributed by atoms with Crippen molar-refractivity contribution in [2.75, 3.05) is 0 Å². The fraction of sp³-hybridized carbons (Fsp3) is 0.111. The fourth-order valence-electron chi connectivity index (χ4n) is 1.18. The molecule has 0 aliphatic rings. The minimum absolute atomic E-state index is 0.744. The van der Waals surface area contributed by atoms with Gasteiger partial charge in [0.25, 0.3) is 0 Å². The lowest BCUT2D eigenvalue weighted by Gasteiger charge is -1.90. The number of hydrogen-bond donors (Lipinski definition) is 0. The molecule has 0 aliphatic heterocycles. The number of hydrogen-bond acceptors (Lipinski definition) is 3. The lowest BCUT2D eigenvalue weighted by molar-refractivity contribution is 0.768. The molecule has 2 aromatic rings. The van der Waals surface area contributed by atoms with Crippen LogP contribution < -0.4 is 0 Å². The minimum atomic E-state index is 0.744. The highest BCUT2D eigenvalue weighted by Gasteiger charge is 2.06. The molecule has 3 nitrogen and oxygen atoms in total. The molecule has 2 rings (SSSR count). The molecule has 0 amide bonds. The molecule has 0 unspecified atom stereocenters. The third-order valence-corrected chi connectivity index (χ3v) is 2.60. The van der Waals surface area contributed by atoms with Crippen molar-refractivity contribution in [3.05, 3.63) is 28.7 Å². The highest BCUT2D eigenvalue weighted by Crippen LogP contribution is 2.26. The van der Waals surface area contributed by atoms with Gasteiger partial charge < -0.3 is 0 Å². The zero-order chi connectivity index (χ0) is 9.26. The number of nitriles is 1. The molecule has 0 N–H and O–H groups in total. The normalized spacial score (nSPS) is 9.85. The van der Waals surface area contributed by atoms with Crippen LogP contribution in [0.2, 0.25) is 0 Å². The highest BCUT2D eigenvalue weighted by molar-refractivity contribution is 7.11. The lowest BCUT2D eigenvalue weighted by atomic mass is 10.1. The molecule has 0 saturated carbocycles. The summed E-state index contributed by atoms with van der Waals surface area (Å²) >= 11 is 1.46. The summed E-state index contributed by atoms with van der Waals surface area (Å²) < 4.78 is 1.73. The van der Waals surface area contributed by atoms with Gasteiger partial charge >= 0.3 is 0 Å². The van der Waals surface area contributed by atoms with E-state index in [-0.39, 0.29) is 0 Å². The van der Waals surface area contributed by atoms with Crippen LogP contribution in [-0.2, 0) is 7.05 Å². The van der Waals surface area contributed by atoms with Crippen molar-refractivity contribution in [1.82, 2.24) is 9.78 Å². The van der Waals surface area contributed by atoms with Crippen LogP contribution >= 0.6 is 11.3 Å². The van der Waals surface area contributed by atoms with Crippen molar-refractivity contribution in [1.29, 1.82) is 5.26 Å². The molecule has 2 heterocycles. The van der Waals surface area contributed by atoms with Crippen molar-refractivity contribution >= 4 is 11.3 Å². The summed E-state index contributed by atoms with van der Waals surface area (Å²) in [7, 11) is 1.86. The van der Waals surface area contributed by atoms with E-state index < -0.39 is 0 Å². The Morgan fingerprint density at radius 3 is 3.08 bits per heavy atom. The first-order valence-corrected chi connectivity index (χ1v) is 4.66. The summed E-state index contributed by atoms with van der Waals surface area (Å²) in [6.45, 7) is 0. The fourth-order valence-corrected chi connectivity index (χ4v) is 1.89. The Balaban J connectivity index is 2.53. The van der Waals surface area contributed by atoms with E-state index in [4.69, 9.17) is 5.26 Å². The molecule has 0 radical (unpaired) electrons. The maximum Gasteiger partial charge on any atom is 0.112 e. The summed E-state index contributed by atoms with van der Waals surface area (Å²) in [5, 5.41) is 14.8. The lowest BCUT2D eigenvalue weighted by Crippen LogP contribution is -1.84. The highest BCUT2D eigenvalue weighted by atomic mass is 32.1. The average Bonchev–Trinajstić information content (AvgIpc) is 2.71. The van der Waals surface area contributed by atoms with Gasteiger partial charge in [0.2, 0.25) is 0 Å². The summed E-state index contributed by atoms with van der Waals surface area (Å²) in [5.41, 5.74) is 1.97. The Hall–Kier alpha value is -1.60. The van der Waals surface area contributed by atoms with Gasteiger partial charge in [0.05, 0.1) is 6.20 Å². The monoisotopic (exact) mass is 189 g/mol. The first kappa shape index (κ1) is 8.02. The second-order valence-electron chi connectivity index (χ2n) is 2.68. The topological polar surface area (TPSA) is 41.6 Å². The molecule has 0 saturated heterocycles. The van der Waals surface area contributed by atoms with Crippen LogP contribution in [0.3, 0.4) is 0 Å². The van der Waals surface area contributed by atoms with E-state index >= 15 is 0 Å². The van der Waals surface area contributed by atoms with Gasteiger partial charge in [-0.25, -0.2) is 0 Å². The molecule has 0 atom stereocenters. The van der Waals surface area contributed by atoms with E-state index in [1.54, 1.807) is 10.9 Å². The largest absolute Gasteiger partial charge is 0.275 e. The van der Waals surface area contributed by atoms with Gasteiger partial charge in [-0.15, -0.1) is 11.3 Å². The van der Waals surface area contributed by atoms with Crippen LogP contribution in [-0.4, -0.2) is 9.78 Å². The van der Waals surface area contributed by atoms with E-state index in [9.17, 15) is 0 Å². The van der Waals surface area contributed by atoms with Crippen LogP contribution in [0.25, 0.3) is 11.1 Å². The molecule has 0 fully saturated rings. The van der Waals surface area contributed by atoms with Gasteiger partial charge in [0.15, 0.2) is 0 Å². The maximum atomic E-state index is 8.81. The Kier molecular flexibility index (Phi) is 1.87. The van der Waals surface area contributed by atoms with Crippen molar-refractivity contribution in [3.8, 4) is 17.2 Å². The second kappa shape index (κ2) is 3.04. The van der Waals surface area contributed by atoms with E-state index in [1.165, 1.54) is 11.3 Å². The molecular weight excluding hydrogens is 182 g/mol. The Morgan fingerprint density at radius 2 is 2.46 bits per heavy atom.